The number of esters is 1. The van der Waals surface area contributed by atoms with E-state index in [-0.39, 0.29) is 17.1 Å². The zero-order valence-electron chi connectivity index (χ0n) is 9.79. The van der Waals surface area contributed by atoms with Crippen LogP contribution in [0.15, 0.2) is 6.07 Å². The van der Waals surface area contributed by atoms with Gasteiger partial charge in [-0.3, -0.25) is 0 Å². The number of halogens is 3. The molecular formula is C10H10F3NO4. The number of ether oxygens (including phenoxy) is 3. The lowest BCUT2D eigenvalue weighted by atomic mass is 10.2. The Labute approximate surface area is 100 Å². The number of methoxy groups -OCH3 is 2. The summed E-state index contributed by atoms with van der Waals surface area (Å²) in [6.07, 6.45) is -4.87. The van der Waals surface area contributed by atoms with Gasteiger partial charge in [0.25, 0.3) is 0 Å². The van der Waals surface area contributed by atoms with Crippen molar-refractivity contribution < 1.29 is 32.2 Å². The molecule has 18 heavy (non-hydrogen) atoms. The van der Waals surface area contributed by atoms with Crippen LogP contribution in [0.5, 0.6) is 11.6 Å². The first-order valence-electron chi connectivity index (χ1n) is 4.68. The third-order valence-corrected chi connectivity index (χ3v) is 2.01. The van der Waals surface area contributed by atoms with Crippen LogP contribution >= 0.6 is 0 Å². The fourth-order valence-corrected chi connectivity index (χ4v) is 1.19. The fraction of sp³-hybridized carbons (Fsp3) is 0.400. The summed E-state index contributed by atoms with van der Waals surface area (Å²) in [7, 11) is 2.29. The highest BCUT2D eigenvalue weighted by molar-refractivity contribution is 5.89. The maximum atomic E-state index is 12.2. The molecule has 8 heteroatoms. The molecule has 0 spiro atoms. The van der Waals surface area contributed by atoms with Gasteiger partial charge in [0.2, 0.25) is 5.88 Å². The summed E-state index contributed by atoms with van der Waals surface area (Å²) in [6.45, 7) is 1.26. The van der Waals surface area contributed by atoms with E-state index in [1.807, 2.05) is 0 Å². The number of hydrogen-bond donors (Lipinski definition) is 0. The highest BCUT2D eigenvalue weighted by Crippen LogP contribution is 2.30. The Morgan fingerprint density at radius 3 is 2.39 bits per heavy atom. The average molecular weight is 265 g/mol. The normalized spacial score (nSPS) is 11.0. The fourth-order valence-electron chi connectivity index (χ4n) is 1.19. The number of aromatic nitrogens is 1. The summed E-state index contributed by atoms with van der Waals surface area (Å²) in [5.41, 5.74) is -0.379. The van der Waals surface area contributed by atoms with Crippen molar-refractivity contribution >= 4 is 5.97 Å². The lowest BCUT2D eigenvalue weighted by Crippen LogP contribution is -2.19. The molecule has 1 aromatic rings. The number of nitrogens with zero attached hydrogens (tertiary/aromatic N) is 1. The van der Waals surface area contributed by atoms with Crippen LogP contribution in [0.2, 0.25) is 0 Å². The van der Waals surface area contributed by atoms with E-state index >= 15 is 0 Å². The van der Waals surface area contributed by atoms with Gasteiger partial charge in [0.15, 0.2) is 5.69 Å². The number of hydrogen-bond acceptors (Lipinski definition) is 5. The second-order valence-electron chi connectivity index (χ2n) is 3.18. The van der Waals surface area contributed by atoms with Crippen molar-refractivity contribution in [3.05, 3.63) is 17.3 Å². The van der Waals surface area contributed by atoms with E-state index in [0.29, 0.717) is 0 Å². The van der Waals surface area contributed by atoms with Crippen molar-refractivity contribution in [2.45, 2.75) is 13.3 Å². The molecule has 5 nitrogen and oxygen atoms in total. The van der Waals surface area contributed by atoms with Crippen LogP contribution in [0.1, 0.15) is 16.1 Å². The zero-order chi connectivity index (χ0) is 13.9. The van der Waals surface area contributed by atoms with Gasteiger partial charge in [-0.1, -0.05) is 0 Å². The van der Waals surface area contributed by atoms with E-state index in [2.05, 4.69) is 14.5 Å². The minimum atomic E-state index is -4.87. The second-order valence-corrected chi connectivity index (χ2v) is 3.18. The van der Waals surface area contributed by atoms with Crippen LogP contribution in [0.3, 0.4) is 0 Å². The van der Waals surface area contributed by atoms with Crippen molar-refractivity contribution in [1.82, 2.24) is 4.98 Å². The second kappa shape index (κ2) is 5.11. The predicted octanol–water partition coefficient (Wildman–Crippen LogP) is 2.08. The molecule has 0 unspecified atom stereocenters. The zero-order valence-corrected chi connectivity index (χ0v) is 9.79. The van der Waals surface area contributed by atoms with Gasteiger partial charge in [0.1, 0.15) is 5.75 Å². The molecule has 100 valence electrons. The maximum Gasteiger partial charge on any atom is 0.573 e. The van der Waals surface area contributed by atoms with Crippen molar-refractivity contribution in [2.24, 2.45) is 0 Å². The Bertz CT molecular complexity index is 459. The standard InChI is InChI=1S/C10H10F3NO4/c1-5-6(18-10(11,12)13)4-7(16-2)14-8(5)9(15)17-3/h4H,1-3H3. The van der Waals surface area contributed by atoms with Gasteiger partial charge < -0.3 is 14.2 Å². The van der Waals surface area contributed by atoms with Crippen molar-refractivity contribution in [1.29, 1.82) is 0 Å². The summed E-state index contributed by atoms with van der Waals surface area (Å²) in [4.78, 5) is 15.1. The van der Waals surface area contributed by atoms with Gasteiger partial charge in [0, 0.05) is 11.6 Å². The topological polar surface area (TPSA) is 57.7 Å². The molecule has 0 atom stereocenters. The number of alkyl halides is 3. The number of pyridine rings is 1. The molecule has 0 fully saturated rings. The minimum Gasteiger partial charge on any atom is -0.481 e. The predicted molar refractivity (Wildman–Crippen MR) is 53.5 cm³/mol. The van der Waals surface area contributed by atoms with Crippen LogP contribution in [0, 0.1) is 6.92 Å². The molecule has 1 heterocycles. The van der Waals surface area contributed by atoms with Gasteiger partial charge >= 0.3 is 12.3 Å². The minimum absolute atomic E-state index is 0.0834. The van der Waals surface area contributed by atoms with E-state index < -0.39 is 18.1 Å². The van der Waals surface area contributed by atoms with Crippen LogP contribution in [-0.4, -0.2) is 31.5 Å². The van der Waals surface area contributed by atoms with Crippen LogP contribution in [0.4, 0.5) is 13.2 Å². The van der Waals surface area contributed by atoms with Crippen molar-refractivity contribution in [2.75, 3.05) is 14.2 Å². The lowest BCUT2D eigenvalue weighted by molar-refractivity contribution is -0.274. The first-order chi connectivity index (χ1) is 8.28. The summed E-state index contributed by atoms with van der Waals surface area (Å²) < 4.78 is 49.4. The monoisotopic (exact) mass is 265 g/mol. The summed E-state index contributed by atoms with van der Waals surface area (Å²) in [5, 5.41) is 0. The van der Waals surface area contributed by atoms with Crippen LogP contribution in [0.25, 0.3) is 0 Å². The van der Waals surface area contributed by atoms with E-state index in [0.717, 1.165) is 13.2 Å². The molecule has 0 aliphatic heterocycles. The van der Waals surface area contributed by atoms with E-state index in [1.54, 1.807) is 0 Å². The van der Waals surface area contributed by atoms with Gasteiger partial charge in [0.05, 0.1) is 14.2 Å². The summed E-state index contributed by atoms with van der Waals surface area (Å²) in [6, 6.07) is 0.940. The summed E-state index contributed by atoms with van der Waals surface area (Å²) >= 11 is 0. The van der Waals surface area contributed by atoms with E-state index in [4.69, 9.17) is 4.74 Å². The molecule has 0 amide bonds. The molecule has 0 aromatic carbocycles. The molecule has 0 aliphatic rings. The largest absolute Gasteiger partial charge is 0.573 e. The van der Waals surface area contributed by atoms with Crippen LogP contribution in [-0.2, 0) is 4.74 Å². The van der Waals surface area contributed by atoms with Gasteiger partial charge in [-0.25, -0.2) is 9.78 Å². The van der Waals surface area contributed by atoms with Gasteiger partial charge in [-0.2, -0.15) is 0 Å². The number of carbonyl (C=O) groups is 1. The molecule has 0 bridgehead atoms. The Hall–Kier alpha value is -1.99. The molecule has 0 N–H and O–H groups in total. The maximum absolute atomic E-state index is 12.2. The number of carbonyl (C=O) groups excluding carboxylic acids is 1. The molecule has 1 aromatic heterocycles. The molecule has 1 rings (SSSR count). The van der Waals surface area contributed by atoms with Crippen molar-refractivity contribution in [3.63, 3.8) is 0 Å². The number of rotatable bonds is 3. The summed E-state index contributed by atoms with van der Waals surface area (Å²) in [5.74, 6) is -1.62. The smallest absolute Gasteiger partial charge is 0.481 e. The SMILES string of the molecule is COC(=O)c1nc(OC)cc(OC(F)(F)F)c1C. The molecule has 0 aliphatic carbocycles. The molecule has 0 radical (unpaired) electrons. The third kappa shape index (κ3) is 3.25. The van der Waals surface area contributed by atoms with E-state index in [9.17, 15) is 18.0 Å². The quantitative estimate of drug-likeness (QED) is 0.783. The Balaban J connectivity index is 3.29. The Kier molecular flexibility index (Phi) is 4.00. The van der Waals surface area contributed by atoms with Gasteiger partial charge in [-0.15, -0.1) is 13.2 Å². The third-order valence-electron chi connectivity index (χ3n) is 2.01. The average Bonchev–Trinajstić information content (AvgIpc) is 2.29. The first-order valence-corrected chi connectivity index (χ1v) is 4.68. The molecular weight excluding hydrogens is 255 g/mol. The Morgan fingerprint density at radius 1 is 1.33 bits per heavy atom. The molecule has 0 saturated carbocycles. The molecule has 0 saturated heterocycles. The lowest BCUT2D eigenvalue weighted by Gasteiger charge is -2.14. The first kappa shape index (κ1) is 14.1. The highest BCUT2D eigenvalue weighted by Gasteiger charge is 2.33. The highest BCUT2D eigenvalue weighted by atomic mass is 19.4. The van der Waals surface area contributed by atoms with E-state index in [1.165, 1.54) is 14.0 Å². The van der Waals surface area contributed by atoms with Crippen molar-refractivity contribution in [3.8, 4) is 11.6 Å². The Morgan fingerprint density at radius 2 is 1.94 bits per heavy atom. The van der Waals surface area contributed by atoms with Gasteiger partial charge in [-0.05, 0) is 6.92 Å². The van der Waals surface area contributed by atoms with Crippen LogP contribution < -0.4 is 9.47 Å².